The lowest BCUT2D eigenvalue weighted by Gasteiger charge is -2.43. The number of nitrogens with zero attached hydrogens (tertiary/aromatic N) is 7. The number of piperazine rings is 1. The maximum absolute atomic E-state index is 12.7. The van der Waals surface area contributed by atoms with Gasteiger partial charge < -0.3 is 24.3 Å². The number of likely N-dealkylation sites (N-methyl/N-ethyl adjacent to an activating group) is 1. The van der Waals surface area contributed by atoms with Crippen molar-refractivity contribution in [2.45, 2.75) is 76.4 Å². The topological polar surface area (TPSA) is 88.8 Å². The van der Waals surface area contributed by atoms with Crippen molar-refractivity contribution in [2.75, 3.05) is 56.2 Å². The second kappa shape index (κ2) is 12.6. The average molecular weight is 568 g/mol. The largest absolute Gasteiger partial charge is 0.462 e. The summed E-state index contributed by atoms with van der Waals surface area (Å²) in [6, 6.07) is 12.1. The fraction of sp³-hybridized carbons (Fsp3) is 0.576. The van der Waals surface area contributed by atoms with Gasteiger partial charge in [0.2, 0.25) is 0 Å². The third-order valence-corrected chi connectivity index (χ3v) is 9.47. The number of carbonyl (C=O) groups excluding carboxylic acids is 1. The Kier molecular flexibility index (Phi) is 8.48. The van der Waals surface area contributed by atoms with Gasteiger partial charge in [0, 0.05) is 55.9 Å². The summed E-state index contributed by atoms with van der Waals surface area (Å²) in [6.07, 6.45) is 7.66. The Morgan fingerprint density at radius 2 is 1.95 bits per heavy atom. The third-order valence-electron chi connectivity index (χ3n) is 9.47. The second-order valence-electron chi connectivity index (χ2n) is 12.0. The van der Waals surface area contributed by atoms with Crippen LogP contribution in [0.15, 0.2) is 24.3 Å². The predicted molar refractivity (Wildman–Crippen MR) is 162 cm³/mol. The van der Waals surface area contributed by atoms with Gasteiger partial charge in [-0.05, 0) is 76.6 Å². The van der Waals surface area contributed by atoms with E-state index in [1.807, 2.05) is 0 Å². The monoisotopic (exact) mass is 567 g/mol. The van der Waals surface area contributed by atoms with Crippen LogP contribution in [-0.2, 0) is 24.1 Å². The minimum Gasteiger partial charge on any atom is -0.462 e. The molecule has 9 heteroatoms. The lowest BCUT2D eigenvalue weighted by atomic mass is 9.88. The summed E-state index contributed by atoms with van der Waals surface area (Å²) >= 11 is 0. The van der Waals surface area contributed by atoms with Gasteiger partial charge in [-0.25, -0.2) is 0 Å². The number of amides is 1. The SMILES string of the molecule is CC#CC(=O)N1CCN(c2nc(OCC3CCCN3C)nc3c2CCC(N2CCCc4ccccc42)C3)CC1CC#N. The molecule has 1 aromatic heterocycles. The maximum Gasteiger partial charge on any atom is 0.318 e. The van der Waals surface area contributed by atoms with Crippen molar-refractivity contribution >= 4 is 17.4 Å². The first-order chi connectivity index (χ1) is 20.6. The Morgan fingerprint density at radius 3 is 2.76 bits per heavy atom. The number of nitriles is 1. The number of fused-ring (bicyclic) bond motifs is 2. The molecule has 2 aromatic rings. The van der Waals surface area contributed by atoms with Crippen molar-refractivity contribution in [1.29, 1.82) is 5.26 Å². The average Bonchev–Trinajstić information content (AvgIpc) is 3.43. The molecule has 1 aliphatic carbocycles. The van der Waals surface area contributed by atoms with Gasteiger partial charge in [-0.15, -0.1) is 0 Å². The Hall–Kier alpha value is -3.82. The van der Waals surface area contributed by atoms with Crippen LogP contribution < -0.4 is 14.5 Å². The molecule has 6 rings (SSSR count). The van der Waals surface area contributed by atoms with Crippen LogP contribution in [0.3, 0.4) is 0 Å². The van der Waals surface area contributed by atoms with Gasteiger partial charge >= 0.3 is 6.01 Å². The van der Waals surface area contributed by atoms with Crippen molar-refractivity contribution in [1.82, 2.24) is 19.8 Å². The highest BCUT2D eigenvalue weighted by Gasteiger charge is 2.35. The van der Waals surface area contributed by atoms with Crippen LogP contribution in [0.4, 0.5) is 11.5 Å². The maximum atomic E-state index is 12.7. The summed E-state index contributed by atoms with van der Waals surface area (Å²) in [5.74, 6) is 6.07. The first kappa shape index (κ1) is 28.3. The summed E-state index contributed by atoms with van der Waals surface area (Å²) in [5.41, 5.74) is 5.06. The molecule has 42 heavy (non-hydrogen) atoms. The van der Waals surface area contributed by atoms with Crippen molar-refractivity contribution in [3.8, 4) is 23.9 Å². The molecular weight excluding hydrogens is 526 g/mol. The zero-order valence-electron chi connectivity index (χ0n) is 24.9. The molecule has 4 aliphatic rings. The first-order valence-corrected chi connectivity index (χ1v) is 15.5. The molecule has 0 N–H and O–H groups in total. The molecule has 0 radical (unpaired) electrons. The highest BCUT2D eigenvalue weighted by Crippen LogP contribution is 2.37. The molecular formula is C33H41N7O2. The molecule has 9 nitrogen and oxygen atoms in total. The van der Waals surface area contributed by atoms with E-state index < -0.39 is 0 Å². The fourth-order valence-corrected chi connectivity index (χ4v) is 7.22. The molecule has 0 bridgehead atoms. The van der Waals surface area contributed by atoms with E-state index in [0.717, 1.165) is 56.7 Å². The molecule has 3 aliphatic heterocycles. The lowest BCUT2D eigenvalue weighted by Crippen LogP contribution is -2.55. The standard InChI is InChI=1S/C33H41N7O2/c1-3-8-31(41)40-20-19-38(22-26(40)15-16-34)32-28-14-13-25(39-18-6-10-24-9-4-5-12-30(24)39)21-29(28)35-33(36-32)42-23-27-11-7-17-37(27)2/h4-5,9,12,25-27H,6-7,10-11,13-15,17-23H2,1-2H3. The Balaban J connectivity index is 1.29. The van der Waals surface area contributed by atoms with Gasteiger partial charge in [-0.3, -0.25) is 4.79 Å². The van der Waals surface area contributed by atoms with Crippen LogP contribution in [0.1, 0.15) is 55.8 Å². The number of para-hydroxylation sites is 1. The summed E-state index contributed by atoms with van der Waals surface area (Å²) < 4.78 is 6.32. The van der Waals surface area contributed by atoms with Gasteiger partial charge in [0.05, 0.1) is 24.2 Å². The molecule has 2 saturated heterocycles. The van der Waals surface area contributed by atoms with Crippen molar-refractivity contribution in [2.24, 2.45) is 0 Å². The van der Waals surface area contributed by atoms with E-state index >= 15 is 0 Å². The van der Waals surface area contributed by atoms with Gasteiger partial charge in [0.15, 0.2) is 0 Å². The molecule has 3 unspecified atom stereocenters. The number of anilines is 2. The van der Waals surface area contributed by atoms with Crippen LogP contribution in [0.5, 0.6) is 6.01 Å². The van der Waals surface area contributed by atoms with Crippen LogP contribution in [0, 0.1) is 23.2 Å². The van der Waals surface area contributed by atoms with Crippen molar-refractivity contribution in [3.63, 3.8) is 0 Å². The van der Waals surface area contributed by atoms with Crippen LogP contribution in [-0.4, -0.2) is 90.2 Å². The second-order valence-corrected chi connectivity index (χ2v) is 12.0. The van der Waals surface area contributed by atoms with Gasteiger partial charge in [0.1, 0.15) is 12.4 Å². The number of aryl methyl sites for hydroxylation is 1. The van der Waals surface area contributed by atoms with Crippen LogP contribution >= 0.6 is 0 Å². The Morgan fingerprint density at radius 1 is 1.07 bits per heavy atom. The number of ether oxygens (including phenoxy) is 1. The van der Waals surface area contributed by atoms with E-state index in [1.165, 1.54) is 29.7 Å². The van der Waals surface area contributed by atoms with Gasteiger partial charge in [-0.1, -0.05) is 24.1 Å². The molecule has 2 fully saturated rings. The van der Waals surface area contributed by atoms with Crippen molar-refractivity contribution < 1.29 is 9.53 Å². The number of hydrogen-bond acceptors (Lipinski definition) is 8. The normalized spacial score (nSPS) is 23.8. The zero-order valence-corrected chi connectivity index (χ0v) is 24.9. The van der Waals surface area contributed by atoms with E-state index in [1.54, 1.807) is 11.8 Å². The summed E-state index contributed by atoms with van der Waals surface area (Å²) in [6.45, 7) is 6.09. The highest BCUT2D eigenvalue weighted by atomic mass is 16.5. The summed E-state index contributed by atoms with van der Waals surface area (Å²) in [5, 5.41) is 9.56. The zero-order chi connectivity index (χ0) is 29.1. The van der Waals surface area contributed by atoms with E-state index in [4.69, 9.17) is 14.7 Å². The van der Waals surface area contributed by atoms with Crippen molar-refractivity contribution in [3.05, 3.63) is 41.1 Å². The predicted octanol–water partition coefficient (Wildman–Crippen LogP) is 3.21. The van der Waals surface area contributed by atoms with E-state index in [9.17, 15) is 10.1 Å². The highest BCUT2D eigenvalue weighted by molar-refractivity contribution is 5.93. The van der Waals surface area contributed by atoms with Crippen LogP contribution in [0.25, 0.3) is 0 Å². The fourth-order valence-electron chi connectivity index (χ4n) is 7.22. The van der Waals surface area contributed by atoms with Gasteiger partial charge in [-0.2, -0.15) is 15.2 Å². The number of rotatable bonds is 6. The molecule has 220 valence electrons. The third kappa shape index (κ3) is 5.76. The van der Waals surface area contributed by atoms with Crippen LogP contribution in [0.2, 0.25) is 0 Å². The number of likely N-dealkylation sites (tertiary alicyclic amines) is 1. The Labute approximate surface area is 249 Å². The number of carbonyl (C=O) groups is 1. The van der Waals surface area contributed by atoms with E-state index in [0.29, 0.717) is 44.3 Å². The van der Waals surface area contributed by atoms with Gasteiger partial charge in [0.25, 0.3) is 5.91 Å². The minimum absolute atomic E-state index is 0.212. The molecule has 4 heterocycles. The summed E-state index contributed by atoms with van der Waals surface area (Å²) in [4.78, 5) is 31.7. The molecule has 0 spiro atoms. The molecule has 1 aromatic carbocycles. The smallest absolute Gasteiger partial charge is 0.318 e. The van der Waals surface area contributed by atoms with E-state index in [2.05, 4.69) is 63.9 Å². The number of aromatic nitrogens is 2. The van der Waals surface area contributed by atoms with E-state index in [-0.39, 0.29) is 18.4 Å². The summed E-state index contributed by atoms with van der Waals surface area (Å²) in [7, 11) is 2.15. The minimum atomic E-state index is -0.236. The molecule has 1 amide bonds. The number of benzene rings is 1. The molecule has 3 atom stereocenters. The first-order valence-electron chi connectivity index (χ1n) is 15.5. The Bertz CT molecular complexity index is 1410. The number of hydrogen-bond donors (Lipinski definition) is 0. The molecule has 0 saturated carbocycles. The quantitative estimate of drug-likeness (QED) is 0.492. The lowest BCUT2D eigenvalue weighted by molar-refractivity contribution is -0.127.